The molecule has 242 valence electrons. The summed E-state index contributed by atoms with van der Waals surface area (Å²) in [6, 6.07) is 67.1. The molecule has 3 nitrogen and oxygen atoms in total. The lowest BCUT2D eigenvalue weighted by Crippen LogP contribution is -1.97. The molecule has 52 heavy (non-hydrogen) atoms. The second-order valence-corrected chi connectivity index (χ2v) is 13.3. The molecular formula is C49H31N3. The third kappa shape index (κ3) is 4.74. The van der Waals surface area contributed by atoms with Crippen molar-refractivity contribution in [2.24, 2.45) is 0 Å². The summed E-state index contributed by atoms with van der Waals surface area (Å²) in [4.78, 5) is 3.53. The maximum absolute atomic E-state index is 7.27. The van der Waals surface area contributed by atoms with E-state index in [1.54, 1.807) is 0 Å². The predicted octanol–water partition coefficient (Wildman–Crippen LogP) is 13.4. The number of aromatic nitrogens is 2. The topological polar surface area (TPSA) is 14.2 Å². The molecule has 0 N–H and O–H groups in total. The van der Waals surface area contributed by atoms with Crippen LogP contribution in [0.3, 0.4) is 0 Å². The molecule has 0 amide bonds. The fraction of sp³-hybridized carbons (Fsp3) is 0. The van der Waals surface area contributed by atoms with Crippen LogP contribution in [-0.2, 0) is 0 Å². The average Bonchev–Trinajstić information content (AvgIpc) is 3.73. The Bertz CT molecular complexity index is 2990. The van der Waals surface area contributed by atoms with Crippen LogP contribution in [0.4, 0.5) is 5.69 Å². The molecule has 3 heteroatoms. The number of hydrogen-bond donors (Lipinski definition) is 0. The van der Waals surface area contributed by atoms with Gasteiger partial charge in [-0.15, -0.1) is 0 Å². The maximum Gasteiger partial charge on any atom is 0.187 e. The Kier molecular flexibility index (Phi) is 6.87. The normalized spacial score (nSPS) is 11.4. The zero-order valence-electron chi connectivity index (χ0n) is 28.2. The fourth-order valence-corrected chi connectivity index (χ4v) is 7.90. The van der Waals surface area contributed by atoms with E-state index in [9.17, 15) is 0 Å². The molecule has 2 aromatic heterocycles. The quantitative estimate of drug-likeness (QED) is 0.163. The van der Waals surface area contributed by atoms with Crippen molar-refractivity contribution in [3.63, 3.8) is 0 Å². The van der Waals surface area contributed by atoms with Crippen molar-refractivity contribution in [2.45, 2.75) is 0 Å². The molecule has 0 bridgehead atoms. The monoisotopic (exact) mass is 661 g/mol. The number of fused-ring (bicyclic) bond motifs is 6. The third-order valence-electron chi connectivity index (χ3n) is 10.4. The summed E-state index contributed by atoms with van der Waals surface area (Å²) in [6.07, 6.45) is 0. The summed E-state index contributed by atoms with van der Waals surface area (Å²) in [6.45, 7) is 7.27. The SMILES string of the molecule is [C-]#[N+]c1ccc(-c2ccc(-n3c4ccccc4c4cc(-c5ccc6c(c5)c5ccccc5n6-c5ccccc5-c5ccccc5)ccc43)cc2)cc1. The highest BCUT2D eigenvalue weighted by molar-refractivity contribution is 6.13. The van der Waals surface area contributed by atoms with E-state index in [-0.39, 0.29) is 0 Å². The zero-order valence-corrected chi connectivity index (χ0v) is 28.2. The second-order valence-electron chi connectivity index (χ2n) is 13.3. The molecule has 0 saturated carbocycles. The van der Waals surface area contributed by atoms with E-state index in [1.165, 1.54) is 71.6 Å². The number of para-hydroxylation sites is 3. The summed E-state index contributed by atoms with van der Waals surface area (Å²) in [5.41, 5.74) is 14.7. The summed E-state index contributed by atoms with van der Waals surface area (Å²) < 4.78 is 4.78. The van der Waals surface area contributed by atoms with Gasteiger partial charge in [0.05, 0.1) is 34.3 Å². The minimum atomic E-state index is 0.654. The van der Waals surface area contributed by atoms with Crippen LogP contribution >= 0.6 is 0 Å². The van der Waals surface area contributed by atoms with Crippen molar-refractivity contribution >= 4 is 49.3 Å². The first-order valence-electron chi connectivity index (χ1n) is 17.6. The van der Waals surface area contributed by atoms with Crippen LogP contribution in [0.15, 0.2) is 188 Å². The maximum atomic E-state index is 7.27. The Hall–Kier alpha value is -7.15. The van der Waals surface area contributed by atoms with Gasteiger partial charge in [0, 0.05) is 32.8 Å². The van der Waals surface area contributed by atoms with Crippen molar-refractivity contribution in [2.75, 3.05) is 0 Å². The number of hydrogen-bond acceptors (Lipinski definition) is 0. The van der Waals surface area contributed by atoms with Gasteiger partial charge in [0.2, 0.25) is 0 Å². The van der Waals surface area contributed by atoms with Gasteiger partial charge < -0.3 is 9.13 Å². The van der Waals surface area contributed by atoms with Crippen LogP contribution in [0.25, 0.3) is 93.2 Å². The predicted molar refractivity (Wildman–Crippen MR) is 218 cm³/mol. The first-order chi connectivity index (χ1) is 25.7. The summed E-state index contributed by atoms with van der Waals surface area (Å²) in [5.74, 6) is 0. The molecule has 2 heterocycles. The Morgan fingerprint density at radius 3 is 1.46 bits per heavy atom. The minimum Gasteiger partial charge on any atom is -0.309 e. The van der Waals surface area contributed by atoms with E-state index in [1.807, 2.05) is 24.3 Å². The van der Waals surface area contributed by atoms with Crippen molar-refractivity contribution in [3.05, 3.63) is 199 Å². The second kappa shape index (κ2) is 12.0. The van der Waals surface area contributed by atoms with E-state index in [4.69, 9.17) is 6.57 Å². The smallest absolute Gasteiger partial charge is 0.187 e. The molecule has 0 fully saturated rings. The van der Waals surface area contributed by atoms with E-state index in [0.29, 0.717) is 5.69 Å². The summed E-state index contributed by atoms with van der Waals surface area (Å²) in [5, 5.41) is 4.94. The van der Waals surface area contributed by atoms with E-state index in [0.717, 1.165) is 16.8 Å². The lowest BCUT2D eigenvalue weighted by atomic mass is 10.0. The Morgan fingerprint density at radius 1 is 0.346 bits per heavy atom. The van der Waals surface area contributed by atoms with Gasteiger partial charge in [-0.1, -0.05) is 133 Å². The first-order valence-corrected chi connectivity index (χ1v) is 17.6. The highest BCUT2D eigenvalue weighted by atomic mass is 15.0. The van der Waals surface area contributed by atoms with Crippen LogP contribution in [0, 0.1) is 6.57 Å². The molecule has 0 spiro atoms. The molecular weight excluding hydrogens is 631 g/mol. The highest BCUT2D eigenvalue weighted by Crippen LogP contribution is 2.40. The Morgan fingerprint density at radius 2 is 0.827 bits per heavy atom. The molecule has 10 rings (SSSR count). The first kappa shape index (κ1) is 29.7. The molecule has 10 aromatic rings. The Balaban J connectivity index is 1.10. The molecule has 0 aliphatic carbocycles. The van der Waals surface area contributed by atoms with Crippen molar-refractivity contribution in [1.82, 2.24) is 9.13 Å². The average molecular weight is 662 g/mol. The summed E-state index contributed by atoms with van der Waals surface area (Å²) >= 11 is 0. The number of benzene rings is 8. The number of rotatable bonds is 5. The van der Waals surface area contributed by atoms with Crippen LogP contribution in [0.2, 0.25) is 0 Å². The van der Waals surface area contributed by atoms with Gasteiger partial charge in [-0.3, -0.25) is 0 Å². The Labute approximate surface area is 301 Å². The van der Waals surface area contributed by atoms with Crippen LogP contribution < -0.4 is 0 Å². The lowest BCUT2D eigenvalue weighted by molar-refractivity contribution is 1.18. The third-order valence-corrected chi connectivity index (χ3v) is 10.4. The van der Waals surface area contributed by atoms with Crippen molar-refractivity contribution in [3.8, 4) is 44.8 Å². The van der Waals surface area contributed by atoms with Gasteiger partial charge in [0.15, 0.2) is 5.69 Å². The number of nitrogens with zero attached hydrogens (tertiary/aromatic N) is 3. The molecule has 0 unspecified atom stereocenters. The van der Waals surface area contributed by atoms with Crippen LogP contribution in [0.1, 0.15) is 0 Å². The van der Waals surface area contributed by atoms with Crippen molar-refractivity contribution in [1.29, 1.82) is 0 Å². The van der Waals surface area contributed by atoms with Gasteiger partial charge in [-0.25, -0.2) is 4.85 Å². The van der Waals surface area contributed by atoms with Gasteiger partial charge in [-0.2, -0.15) is 0 Å². The largest absolute Gasteiger partial charge is 0.309 e. The van der Waals surface area contributed by atoms with Crippen LogP contribution in [0.5, 0.6) is 0 Å². The zero-order chi connectivity index (χ0) is 34.6. The molecule has 0 aliphatic heterocycles. The molecule has 0 atom stereocenters. The van der Waals surface area contributed by atoms with E-state index < -0.39 is 0 Å². The fourth-order valence-electron chi connectivity index (χ4n) is 7.90. The molecule has 0 saturated heterocycles. The molecule has 0 radical (unpaired) electrons. The van der Waals surface area contributed by atoms with Gasteiger partial charge in [-0.05, 0) is 82.4 Å². The van der Waals surface area contributed by atoms with E-state index in [2.05, 4.69) is 178 Å². The summed E-state index contributed by atoms with van der Waals surface area (Å²) in [7, 11) is 0. The minimum absolute atomic E-state index is 0.654. The van der Waals surface area contributed by atoms with Crippen LogP contribution in [-0.4, -0.2) is 9.13 Å². The van der Waals surface area contributed by atoms with Gasteiger partial charge in [0.1, 0.15) is 0 Å². The lowest BCUT2D eigenvalue weighted by Gasteiger charge is -2.14. The highest BCUT2D eigenvalue weighted by Gasteiger charge is 2.17. The molecule has 8 aromatic carbocycles. The van der Waals surface area contributed by atoms with Crippen molar-refractivity contribution < 1.29 is 0 Å². The van der Waals surface area contributed by atoms with E-state index >= 15 is 0 Å². The van der Waals surface area contributed by atoms with Gasteiger partial charge >= 0.3 is 0 Å². The van der Waals surface area contributed by atoms with Gasteiger partial charge in [0.25, 0.3) is 0 Å². The molecule has 0 aliphatic rings. The standard InChI is InChI=1S/C49H31N3/c1-50-38-25-19-33(20-26-38)34-21-27-39(28-22-34)51-46-17-9-6-14-41(46)43-31-36(23-29-48(43)51)37-24-30-49-44(32-37)42-15-7-10-18-47(42)52(49)45-16-8-5-13-40(45)35-11-3-2-4-12-35/h2-32H.